The molecular formula is C10H18O2Si. The molecule has 1 aliphatic rings. The quantitative estimate of drug-likeness (QED) is 0.513. The second-order valence-electron chi connectivity index (χ2n) is 4.75. The average Bonchev–Trinajstić information content (AvgIpc) is 2.77. The summed E-state index contributed by atoms with van der Waals surface area (Å²) >= 11 is 0. The Balaban J connectivity index is 2.36. The van der Waals surface area contributed by atoms with Crippen LogP contribution in [0.4, 0.5) is 0 Å². The molecule has 2 atom stereocenters. The lowest BCUT2D eigenvalue weighted by molar-refractivity contribution is -0.142. The fraction of sp³-hybridized carbons (Fsp3) is 0.700. The van der Waals surface area contributed by atoms with Crippen molar-refractivity contribution in [1.29, 1.82) is 0 Å². The summed E-state index contributed by atoms with van der Waals surface area (Å²) in [4.78, 5) is 11.1. The SMILES string of the molecule is COC(=O)[C@@H]1C[C@H]1/C=C/[Si](C)(C)C. The van der Waals surface area contributed by atoms with E-state index in [0.29, 0.717) is 5.92 Å². The zero-order chi connectivity index (χ0) is 10.1. The highest BCUT2D eigenvalue weighted by molar-refractivity contribution is 6.80. The Morgan fingerprint density at radius 3 is 2.54 bits per heavy atom. The van der Waals surface area contributed by atoms with Crippen LogP contribution in [0.1, 0.15) is 6.42 Å². The molecule has 1 rings (SSSR count). The first-order valence-corrected chi connectivity index (χ1v) is 8.29. The van der Waals surface area contributed by atoms with Crippen molar-refractivity contribution in [3.8, 4) is 0 Å². The summed E-state index contributed by atoms with van der Waals surface area (Å²) in [5.41, 5.74) is 2.31. The van der Waals surface area contributed by atoms with E-state index in [1.54, 1.807) is 0 Å². The molecule has 0 aromatic heterocycles. The van der Waals surface area contributed by atoms with Gasteiger partial charge in [-0.15, -0.1) is 0 Å². The Kier molecular flexibility index (Phi) is 2.96. The first-order valence-electron chi connectivity index (χ1n) is 4.71. The van der Waals surface area contributed by atoms with Gasteiger partial charge in [0.25, 0.3) is 0 Å². The van der Waals surface area contributed by atoms with Gasteiger partial charge in [-0.05, 0) is 12.3 Å². The number of methoxy groups -OCH3 is 1. The standard InChI is InChI=1S/C10H18O2Si/c1-12-10(11)9-7-8(9)5-6-13(2,3)4/h5-6,8-9H,7H2,1-4H3/b6-5+/t8-,9-/m1/s1. The van der Waals surface area contributed by atoms with E-state index < -0.39 is 8.07 Å². The van der Waals surface area contributed by atoms with Crippen LogP contribution >= 0.6 is 0 Å². The topological polar surface area (TPSA) is 26.3 Å². The lowest BCUT2D eigenvalue weighted by atomic mass is 10.3. The third-order valence-electron chi connectivity index (χ3n) is 2.19. The molecule has 0 spiro atoms. The van der Waals surface area contributed by atoms with E-state index in [0.717, 1.165) is 6.42 Å². The van der Waals surface area contributed by atoms with Crippen LogP contribution in [0.2, 0.25) is 19.6 Å². The summed E-state index contributed by atoms with van der Waals surface area (Å²) in [6, 6.07) is 0. The predicted octanol–water partition coefficient (Wildman–Crippen LogP) is 2.23. The van der Waals surface area contributed by atoms with Gasteiger partial charge in [-0.2, -0.15) is 0 Å². The van der Waals surface area contributed by atoms with Crippen molar-refractivity contribution < 1.29 is 9.53 Å². The van der Waals surface area contributed by atoms with Crippen molar-refractivity contribution in [3.63, 3.8) is 0 Å². The number of ether oxygens (including phenoxy) is 1. The van der Waals surface area contributed by atoms with Gasteiger partial charge < -0.3 is 4.74 Å². The van der Waals surface area contributed by atoms with Gasteiger partial charge in [-0.3, -0.25) is 4.79 Å². The van der Waals surface area contributed by atoms with Crippen LogP contribution in [0.5, 0.6) is 0 Å². The number of rotatable bonds is 3. The molecule has 74 valence electrons. The zero-order valence-electron chi connectivity index (χ0n) is 8.83. The van der Waals surface area contributed by atoms with E-state index in [2.05, 4.69) is 36.2 Å². The lowest BCUT2D eigenvalue weighted by Crippen LogP contribution is -2.15. The van der Waals surface area contributed by atoms with Crippen LogP contribution in [-0.4, -0.2) is 21.2 Å². The van der Waals surface area contributed by atoms with E-state index in [9.17, 15) is 4.79 Å². The van der Waals surface area contributed by atoms with E-state index in [4.69, 9.17) is 0 Å². The first-order chi connectivity index (χ1) is 5.94. The highest BCUT2D eigenvalue weighted by Gasteiger charge is 2.42. The van der Waals surface area contributed by atoms with Crippen LogP contribution < -0.4 is 0 Å². The first kappa shape index (κ1) is 10.5. The van der Waals surface area contributed by atoms with Crippen molar-refractivity contribution >= 4 is 14.0 Å². The molecule has 0 amide bonds. The molecule has 1 fully saturated rings. The smallest absolute Gasteiger partial charge is 0.309 e. The molecule has 0 bridgehead atoms. The Labute approximate surface area is 81.0 Å². The largest absolute Gasteiger partial charge is 0.469 e. The van der Waals surface area contributed by atoms with Crippen molar-refractivity contribution in [2.45, 2.75) is 26.1 Å². The minimum atomic E-state index is -1.09. The number of carbonyl (C=O) groups excluding carboxylic acids is 1. The molecule has 0 saturated heterocycles. The van der Waals surface area contributed by atoms with Crippen molar-refractivity contribution in [3.05, 3.63) is 11.8 Å². The van der Waals surface area contributed by atoms with Gasteiger partial charge in [0.15, 0.2) is 0 Å². The fourth-order valence-corrected chi connectivity index (χ4v) is 2.09. The zero-order valence-corrected chi connectivity index (χ0v) is 9.83. The van der Waals surface area contributed by atoms with E-state index in [-0.39, 0.29) is 11.9 Å². The Bertz CT molecular complexity index is 228. The molecule has 0 radical (unpaired) electrons. The van der Waals surface area contributed by atoms with Crippen LogP contribution in [0.15, 0.2) is 11.8 Å². The highest BCUT2D eigenvalue weighted by atomic mass is 28.3. The Hall–Kier alpha value is -0.573. The van der Waals surface area contributed by atoms with Crippen LogP contribution in [0, 0.1) is 11.8 Å². The minimum absolute atomic E-state index is 0.0507. The molecule has 0 aromatic carbocycles. The van der Waals surface area contributed by atoms with Crippen molar-refractivity contribution in [1.82, 2.24) is 0 Å². The second kappa shape index (κ2) is 3.66. The predicted molar refractivity (Wildman–Crippen MR) is 56.1 cm³/mol. The third kappa shape index (κ3) is 3.34. The molecule has 0 N–H and O–H groups in total. The second-order valence-corrected chi connectivity index (χ2v) is 9.82. The normalized spacial score (nSPS) is 27.7. The van der Waals surface area contributed by atoms with Gasteiger partial charge in [0, 0.05) is 0 Å². The third-order valence-corrected chi connectivity index (χ3v) is 3.38. The van der Waals surface area contributed by atoms with Gasteiger partial charge >= 0.3 is 5.97 Å². The summed E-state index contributed by atoms with van der Waals surface area (Å²) < 4.78 is 4.67. The summed E-state index contributed by atoms with van der Waals surface area (Å²) in [6.45, 7) is 6.87. The molecule has 1 saturated carbocycles. The maximum absolute atomic E-state index is 11.1. The minimum Gasteiger partial charge on any atom is -0.469 e. The van der Waals surface area contributed by atoms with Crippen molar-refractivity contribution in [2.75, 3.05) is 7.11 Å². The molecule has 0 aromatic rings. The Morgan fingerprint density at radius 1 is 1.46 bits per heavy atom. The molecule has 0 heterocycles. The maximum Gasteiger partial charge on any atom is 0.309 e. The summed E-state index contributed by atoms with van der Waals surface area (Å²) in [7, 11) is 0.371. The van der Waals surface area contributed by atoms with E-state index in [1.807, 2.05) is 0 Å². The van der Waals surface area contributed by atoms with Crippen LogP contribution in [0.25, 0.3) is 0 Å². The Morgan fingerprint density at radius 2 is 2.08 bits per heavy atom. The monoisotopic (exact) mass is 198 g/mol. The van der Waals surface area contributed by atoms with Crippen LogP contribution in [-0.2, 0) is 9.53 Å². The van der Waals surface area contributed by atoms with Gasteiger partial charge in [0.2, 0.25) is 0 Å². The van der Waals surface area contributed by atoms with Gasteiger partial charge in [-0.25, -0.2) is 0 Å². The fourth-order valence-electron chi connectivity index (χ4n) is 1.26. The van der Waals surface area contributed by atoms with Gasteiger partial charge in [-0.1, -0.05) is 31.4 Å². The average molecular weight is 198 g/mol. The molecule has 3 heteroatoms. The molecule has 1 aliphatic carbocycles. The number of carbonyl (C=O) groups is 1. The van der Waals surface area contributed by atoms with Crippen molar-refractivity contribution in [2.24, 2.45) is 11.8 Å². The summed E-state index contributed by atoms with van der Waals surface area (Å²) in [5, 5.41) is 0. The maximum atomic E-state index is 11.1. The van der Waals surface area contributed by atoms with E-state index in [1.165, 1.54) is 7.11 Å². The van der Waals surface area contributed by atoms with Gasteiger partial charge in [0.05, 0.1) is 21.1 Å². The molecule has 2 nitrogen and oxygen atoms in total. The molecule has 13 heavy (non-hydrogen) atoms. The summed E-state index contributed by atoms with van der Waals surface area (Å²) in [5.74, 6) is 0.557. The summed E-state index contributed by atoms with van der Waals surface area (Å²) in [6.07, 6.45) is 3.18. The highest BCUT2D eigenvalue weighted by Crippen LogP contribution is 2.40. The molecular weight excluding hydrogens is 180 g/mol. The lowest BCUT2D eigenvalue weighted by Gasteiger charge is -2.07. The van der Waals surface area contributed by atoms with Crippen LogP contribution in [0.3, 0.4) is 0 Å². The number of allylic oxidation sites excluding steroid dienone is 1. The van der Waals surface area contributed by atoms with E-state index >= 15 is 0 Å². The number of hydrogen-bond acceptors (Lipinski definition) is 2. The number of esters is 1. The molecule has 0 aliphatic heterocycles. The molecule has 0 unspecified atom stereocenters. The number of hydrogen-bond donors (Lipinski definition) is 0. The van der Waals surface area contributed by atoms with Gasteiger partial charge in [0.1, 0.15) is 0 Å².